The zero-order valence-electron chi connectivity index (χ0n) is 16.6. The van der Waals surface area contributed by atoms with Crippen LogP contribution in [0.25, 0.3) is 5.69 Å². The average Bonchev–Trinajstić information content (AvgIpc) is 3.24. The Balaban J connectivity index is 1.51. The number of aliphatic hydroxyl groups excluding tert-OH is 1. The van der Waals surface area contributed by atoms with E-state index < -0.39 is 6.10 Å². The first kappa shape index (κ1) is 18.9. The first-order valence-electron chi connectivity index (χ1n) is 9.82. The Labute approximate surface area is 166 Å². The van der Waals surface area contributed by atoms with Gasteiger partial charge in [-0.25, -0.2) is 4.68 Å². The Hall–Kier alpha value is -2.47. The zero-order chi connectivity index (χ0) is 19.6. The highest BCUT2D eigenvalue weighted by molar-refractivity contribution is 5.35. The van der Waals surface area contributed by atoms with Gasteiger partial charge in [0.05, 0.1) is 17.3 Å². The van der Waals surface area contributed by atoms with Gasteiger partial charge < -0.3 is 5.11 Å². The van der Waals surface area contributed by atoms with Crippen LogP contribution in [0.3, 0.4) is 0 Å². The third kappa shape index (κ3) is 3.49. The number of aliphatic hydroxyl groups is 1. The van der Waals surface area contributed by atoms with Crippen LogP contribution in [-0.2, 0) is 12.1 Å². The lowest BCUT2D eigenvalue weighted by atomic mass is 9.77. The molecule has 0 aliphatic carbocycles. The number of β-amino-alcohol motifs (C(OH)–C–C–N with tert-alkyl or cyclic N) is 1. The van der Waals surface area contributed by atoms with Crippen LogP contribution in [0.1, 0.15) is 17.5 Å². The van der Waals surface area contributed by atoms with E-state index >= 15 is 0 Å². The number of rotatable bonds is 5. The van der Waals surface area contributed by atoms with E-state index in [-0.39, 0.29) is 5.54 Å². The van der Waals surface area contributed by atoms with E-state index in [0.717, 1.165) is 25.2 Å². The van der Waals surface area contributed by atoms with Gasteiger partial charge in [-0.15, -0.1) is 0 Å². The molecular formula is C23H28N4O. The summed E-state index contributed by atoms with van der Waals surface area (Å²) in [7, 11) is 4.14. The normalized spacial score (nSPS) is 23.2. The van der Waals surface area contributed by atoms with Gasteiger partial charge in [0.25, 0.3) is 0 Å². The van der Waals surface area contributed by atoms with Crippen molar-refractivity contribution in [3.05, 3.63) is 84.2 Å². The summed E-state index contributed by atoms with van der Waals surface area (Å²) < 4.78 is 1.88. The quantitative estimate of drug-likeness (QED) is 0.744. The Kier molecular flexibility index (Phi) is 5.31. The van der Waals surface area contributed by atoms with Gasteiger partial charge in [0.1, 0.15) is 0 Å². The van der Waals surface area contributed by atoms with Gasteiger partial charge in [0, 0.05) is 32.0 Å². The number of likely N-dealkylation sites (N-methyl/N-ethyl adjacent to an activating group) is 1. The largest absolute Gasteiger partial charge is 0.389 e. The monoisotopic (exact) mass is 376 g/mol. The van der Waals surface area contributed by atoms with Crippen LogP contribution in [0.2, 0.25) is 0 Å². The van der Waals surface area contributed by atoms with Crippen molar-refractivity contribution in [2.24, 2.45) is 0 Å². The number of hydrogen-bond donors (Lipinski definition) is 1. The van der Waals surface area contributed by atoms with Crippen LogP contribution < -0.4 is 0 Å². The molecule has 0 saturated carbocycles. The fourth-order valence-corrected chi connectivity index (χ4v) is 4.45. The van der Waals surface area contributed by atoms with Crippen molar-refractivity contribution in [1.82, 2.24) is 19.6 Å². The van der Waals surface area contributed by atoms with Crippen molar-refractivity contribution in [3.63, 3.8) is 0 Å². The van der Waals surface area contributed by atoms with Gasteiger partial charge in [-0.05, 0) is 49.8 Å². The molecule has 1 fully saturated rings. The molecule has 0 amide bonds. The molecule has 2 atom stereocenters. The fourth-order valence-electron chi connectivity index (χ4n) is 4.45. The first-order chi connectivity index (χ1) is 13.6. The van der Waals surface area contributed by atoms with Gasteiger partial charge in [0.15, 0.2) is 0 Å². The summed E-state index contributed by atoms with van der Waals surface area (Å²) in [4.78, 5) is 4.53. The summed E-state index contributed by atoms with van der Waals surface area (Å²) in [6.07, 6.45) is 4.19. The molecule has 28 heavy (non-hydrogen) atoms. The standard InChI is InChI=1S/C23H28N4O/c1-25(2)23(20-9-4-3-5-10-20)12-15-26(18-22(23)28)17-19-8-6-11-21(16-19)27-14-7-13-24-27/h3-11,13-14,16,22,28H,12,15,17-18H2,1-2H3/t22-,23+/m1/s1. The van der Waals surface area contributed by atoms with E-state index in [4.69, 9.17) is 0 Å². The maximum Gasteiger partial charge on any atom is 0.0892 e. The van der Waals surface area contributed by atoms with Crippen molar-refractivity contribution < 1.29 is 5.11 Å². The van der Waals surface area contributed by atoms with Gasteiger partial charge in [-0.1, -0.05) is 42.5 Å². The minimum Gasteiger partial charge on any atom is -0.389 e. The maximum atomic E-state index is 11.2. The Morgan fingerprint density at radius 1 is 1.11 bits per heavy atom. The lowest BCUT2D eigenvalue weighted by Gasteiger charge is -2.50. The molecule has 2 heterocycles. The molecule has 146 valence electrons. The molecule has 0 unspecified atom stereocenters. The molecule has 1 aliphatic heterocycles. The zero-order valence-corrected chi connectivity index (χ0v) is 16.6. The third-order valence-electron chi connectivity index (χ3n) is 5.95. The number of aromatic nitrogens is 2. The highest BCUT2D eigenvalue weighted by Crippen LogP contribution is 2.38. The number of nitrogens with zero attached hydrogens (tertiary/aromatic N) is 4. The second kappa shape index (κ2) is 7.87. The van der Waals surface area contributed by atoms with Crippen LogP contribution in [-0.4, -0.2) is 58.0 Å². The van der Waals surface area contributed by atoms with E-state index in [0.29, 0.717) is 6.54 Å². The van der Waals surface area contributed by atoms with E-state index in [9.17, 15) is 5.11 Å². The van der Waals surface area contributed by atoms with Gasteiger partial charge in [0.2, 0.25) is 0 Å². The van der Waals surface area contributed by atoms with Crippen LogP contribution in [0.15, 0.2) is 73.1 Å². The molecule has 5 heteroatoms. The van der Waals surface area contributed by atoms with Crippen LogP contribution in [0.4, 0.5) is 0 Å². The van der Waals surface area contributed by atoms with Gasteiger partial charge >= 0.3 is 0 Å². The summed E-state index contributed by atoms with van der Waals surface area (Å²) in [5, 5.41) is 15.5. The van der Waals surface area contributed by atoms with Gasteiger partial charge in [-0.3, -0.25) is 9.80 Å². The van der Waals surface area contributed by atoms with Crippen LogP contribution in [0, 0.1) is 0 Å². The topological polar surface area (TPSA) is 44.5 Å². The second-order valence-corrected chi connectivity index (χ2v) is 7.81. The number of likely N-dealkylation sites (tertiary alicyclic amines) is 1. The minimum absolute atomic E-state index is 0.339. The Morgan fingerprint density at radius 2 is 1.93 bits per heavy atom. The molecular weight excluding hydrogens is 348 g/mol. The molecule has 0 bridgehead atoms. The van der Waals surface area contributed by atoms with E-state index in [2.05, 4.69) is 77.5 Å². The SMILES string of the molecule is CN(C)[C@]1(c2ccccc2)CCN(Cc2cccc(-n3cccn3)c2)C[C@H]1O. The molecule has 1 aromatic heterocycles. The van der Waals surface area contributed by atoms with E-state index in [1.807, 2.05) is 23.0 Å². The van der Waals surface area contributed by atoms with E-state index in [1.54, 1.807) is 6.20 Å². The highest BCUT2D eigenvalue weighted by atomic mass is 16.3. The molecule has 0 spiro atoms. The number of piperidine rings is 1. The summed E-state index contributed by atoms with van der Waals surface area (Å²) in [5.41, 5.74) is 3.14. The summed E-state index contributed by atoms with van der Waals surface area (Å²) >= 11 is 0. The molecule has 0 radical (unpaired) electrons. The molecule has 3 aromatic rings. The predicted octanol–water partition coefficient (Wildman–Crippen LogP) is 2.90. The summed E-state index contributed by atoms with van der Waals surface area (Å²) in [6.45, 7) is 2.42. The van der Waals surface area contributed by atoms with Crippen LogP contribution in [0.5, 0.6) is 0 Å². The predicted molar refractivity (Wildman–Crippen MR) is 111 cm³/mol. The first-order valence-corrected chi connectivity index (χ1v) is 9.82. The second-order valence-electron chi connectivity index (χ2n) is 7.81. The molecule has 1 N–H and O–H groups in total. The average molecular weight is 377 g/mol. The summed E-state index contributed by atoms with van der Waals surface area (Å²) in [6, 6.07) is 20.8. The van der Waals surface area contributed by atoms with Crippen molar-refractivity contribution >= 4 is 0 Å². The van der Waals surface area contributed by atoms with E-state index in [1.165, 1.54) is 11.1 Å². The fraction of sp³-hybridized carbons (Fsp3) is 0.348. The summed E-state index contributed by atoms with van der Waals surface area (Å²) in [5.74, 6) is 0. The number of hydrogen-bond acceptors (Lipinski definition) is 4. The molecule has 1 saturated heterocycles. The molecule has 5 nitrogen and oxygen atoms in total. The molecule has 4 rings (SSSR count). The van der Waals surface area contributed by atoms with Crippen molar-refractivity contribution in [2.45, 2.75) is 24.6 Å². The van der Waals surface area contributed by atoms with Crippen LogP contribution >= 0.6 is 0 Å². The molecule has 1 aliphatic rings. The maximum absolute atomic E-state index is 11.2. The van der Waals surface area contributed by atoms with Crippen molar-refractivity contribution in [3.8, 4) is 5.69 Å². The Bertz CT molecular complexity index is 894. The molecule has 2 aromatic carbocycles. The van der Waals surface area contributed by atoms with Gasteiger partial charge in [-0.2, -0.15) is 5.10 Å². The lowest BCUT2D eigenvalue weighted by molar-refractivity contribution is -0.0702. The smallest absolute Gasteiger partial charge is 0.0892 e. The van der Waals surface area contributed by atoms with Crippen molar-refractivity contribution in [2.75, 3.05) is 27.2 Å². The Morgan fingerprint density at radius 3 is 2.61 bits per heavy atom. The highest BCUT2D eigenvalue weighted by Gasteiger charge is 2.45. The third-order valence-corrected chi connectivity index (χ3v) is 5.95. The lowest BCUT2D eigenvalue weighted by Crippen LogP contribution is -2.59. The van der Waals surface area contributed by atoms with Crippen molar-refractivity contribution in [1.29, 1.82) is 0 Å². The minimum atomic E-state index is -0.451. The number of benzene rings is 2.